The van der Waals surface area contributed by atoms with Crippen LogP contribution in [0.5, 0.6) is 0 Å². The molecular weight excluding hydrogens is 322 g/mol. The number of aryl methyl sites for hydroxylation is 2. The van der Waals surface area contributed by atoms with E-state index in [1.54, 1.807) is 0 Å². The van der Waals surface area contributed by atoms with Crippen LogP contribution < -0.4 is 10.6 Å². The number of carbonyl (C=O) groups is 2. The Morgan fingerprint density at radius 2 is 1.96 bits per heavy atom. The van der Waals surface area contributed by atoms with Crippen molar-refractivity contribution in [2.24, 2.45) is 10.9 Å². The third-order valence-corrected chi connectivity index (χ3v) is 4.71. The molecule has 1 heterocycles. The Labute approximate surface area is 147 Å². The van der Waals surface area contributed by atoms with Crippen molar-refractivity contribution in [3.05, 3.63) is 29.3 Å². The van der Waals surface area contributed by atoms with Crippen LogP contribution in [-0.2, 0) is 9.59 Å². The van der Waals surface area contributed by atoms with Crippen LogP contribution in [0.2, 0.25) is 0 Å². The van der Waals surface area contributed by atoms with Gasteiger partial charge in [0.25, 0.3) is 0 Å². The van der Waals surface area contributed by atoms with Gasteiger partial charge in [0.05, 0.1) is 5.69 Å². The van der Waals surface area contributed by atoms with Crippen LogP contribution in [0.15, 0.2) is 23.2 Å². The molecule has 1 saturated heterocycles. The maximum Gasteiger partial charge on any atom is 0.240 e. The van der Waals surface area contributed by atoms with Gasteiger partial charge in [0.15, 0.2) is 5.17 Å². The van der Waals surface area contributed by atoms with E-state index < -0.39 is 5.25 Å². The van der Waals surface area contributed by atoms with E-state index in [9.17, 15) is 9.59 Å². The molecule has 0 spiro atoms. The molecule has 0 saturated carbocycles. The minimum Gasteiger partial charge on any atom is -0.356 e. The van der Waals surface area contributed by atoms with E-state index in [1.807, 2.05) is 26.0 Å². The molecule has 0 aromatic heterocycles. The monoisotopic (exact) mass is 347 g/mol. The number of thioether (sulfide) groups is 1. The minimum atomic E-state index is -0.409. The summed E-state index contributed by atoms with van der Waals surface area (Å²) in [7, 11) is 0. The maximum absolute atomic E-state index is 12.0. The first-order valence-electron chi connectivity index (χ1n) is 8.24. The van der Waals surface area contributed by atoms with Crippen molar-refractivity contribution < 1.29 is 9.59 Å². The fourth-order valence-corrected chi connectivity index (χ4v) is 3.45. The van der Waals surface area contributed by atoms with Crippen molar-refractivity contribution in [2.75, 3.05) is 6.54 Å². The highest BCUT2D eigenvalue weighted by molar-refractivity contribution is 8.15. The maximum atomic E-state index is 12.0. The molecule has 5 nitrogen and oxygen atoms in total. The Bertz CT molecular complexity index is 635. The SMILES string of the molecule is Cc1cc(C)cc(N=C2NC(=O)[C@@H](CC(=O)NCCC(C)C)S2)c1. The average Bonchev–Trinajstić information content (AvgIpc) is 2.76. The number of hydrogen-bond donors (Lipinski definition) is 2. The summed E-state index contributed by atoms with van der Waals surface area (Å²) >= 11 is 1.32. The first kappa shape index (κ1) is 18.5. The van der Waals surface area contributed by atoms with E-state index >= 15 is 0 Å². The van der Waals surface area contributed by atoms with Gasteiger partial charge in [-0.25, -0.2) is 4.99 Å². The summed E-state index contributed by atoms with van der Waals surface area (Å²) in [5.74, 6) is 0.309. The smallest absolute Gasteiger partial charge is 0.240 e. The molecule has 6 heteroatoms. The van der Waals surface area contributed by atoms with Gasteiger partial charge in [0.1, 0.15) is 5.25 Å². The first-order valence-corrected chi connectivity index (χ1v) is 9.12. The highest BCUT2D eigenvalue weighted by atomic mass is 32.2. The van der Waals surface area contributed by atoms with Crippen molar-refractivity contribution in [3.63, 3.8) is 0 Å². The van der Waals surface area contributed by atoms with Crippen molar-refractivity contribution in [1.29, 1.82) is 0 Å². The predicted molar refractivity (Wildman–Crippen MR) is 99.6 cm³/mol. The number of carbonyl (C=O) groups excluding carboxylic acids is 2. The molecule has 0 bridgehead atoms. The van der Waals surface area contributed by atoms with Crippen LogP contribution in [0.25, 0.3) is 0 Å². The van der Waals surface area contributed by atoms with E-state index in [4.69, 9.17) is 0 Å². The topological polar surface area (TPSA) is 70.6 Å². The van der Waals surface area contributed by atoms with Crippen molar-refractivity contribution in [3.8, 4) is 0 Å². The standard InChI is InChI=1S/C18H25N3O2S/c1-11(2)5-6-19-16(22)10-15-17(23)21-18(24-15)20-14-8-12(3)7-13(4)9-14/h7-9,11,15H,5-6,10H2,1-4H3,(H,19,22)(H,20,21,23)/t15-/m1/s1. The number of nitrogens with one attached hydrogen (secondary N) is 2. The van der Waals surface area contributed by atoms with Gasteiger partial charge in [0, 0.05) is 13.0 Å². The minimum absolute atomic E-state index is 0.0871. The predicted octanol–water partition coefficient (Wildman–Crippen LogP) is 3.07. The van der Waals surface area contributed by atoms with Gasteiger partial charge in [-0.05, 0) is 49.4 Å². The van der Waals surface area contributed by atoms with Crippen molar-refractivity contribution in [2.45, 2.75) is 45.8 Å². The van der Waals surface area contributed by atoms with Gasteiger partial charge in [-0.2, -0.15) is 0 Å². The molecule has 1 aromatic rings. The highest BCUT2D eigenvalue weighted by Crippen LogP contribution is 2.26. The highest BCUT2D eigenvalue weighted by Gasteiger charge is 2.32. The van der Waals surface area contributed by atoms with Gasteiger partial charge < -0.3 is 10.6 Å². The number of benzene rings is 1. The molecule has 1 aliphatic heterocycles. The summed E-state index contributed by atoms with van der Waals surface area (Å²) in [6.07, 6.45) is 1.12. The summed E-state index contributed by atoms with van der Waals surface area (Å²) < 4.78 is 0. The third kappa shape index (κ3) is 5.67. The Balaban J connectivity index is 1.93. The fourth-order valence-electron chi connectivity index (χ4n) is 2.47. The lowest BCUT2D eigenvalue weighted by Crippen LogP contribution is -2.32. The average molecular weight is 347 g/mol. The number of hydrogen-bond acceptors (Lipinski definition) is 4. The third-order valence-electron chi connectivity index (χ3n) is 3.63. The quantitative estimate of drug-likeness (QED) is 0.831. The fraction of sp³-hybridized carbons (Fsp3) is 0.500. The second kappa shape index (κ2) is 8.33. The van der Waals surface area contributed by atoms with E-state index in [1.165, 1.54) is 11.8 Å². The van der Waals surface area contributed by atoms with Crippen LogP contribution >= 0.6 is 11.8 Å². The van der Waals surface area contributed by atoms with E-state index in [0.717, 1.165) is 23.2 Å². The number of rotatable bonds is 6. The summed E-state index contributed by atoms with van der Waals surface area (Å²) in [6.45, 7) is 8.91. The van der Waals surface area contributed by atoms with Crippen molar-refractivity contribution >= 4 is 34.4 Å². The molecule has 1 aromatic carbocycles. The van der Waals surface area contributed by atoms with Crippen LogP contribution in [-0.4, -0.2) is 28.8 Å². The molecule has 1 atom stereocenters. The molecule has 2 amide bonds. The molecule has 24 heavy (non-hydrogen) atoms. The van der Waals surface area contributed by atoms with Gasteiger partial charge in [0.2, 0.25) is 11.8 Å². The number of amides is 2. The Morgan fingerprint density at radius 1 is 1.29 bits per heavy atom. The molecule has 2 rings (SSSR count). The largest absolute Gasteiger partial charge is 0.356 e. The van der Waals surface area contributed by atoms with Crippen molar-refractivity contribution in [1.82, 2.24) is 10.6 Å². The summed E-state index contributed by atoms with van der Waals surface area (Å²) in [4.78, 5) is 28.5. The Kier molecular flexibility index (Phi) is 6.43. The Morgan fingerprint density at radius 3 is 2.58 bits per heavy atom. The van der Waals surface area contributed by atoms with Crippen LogP contribution in [0.1, 0.15) is 37.8 Å². The molecule has 1 fully saturated rings. The molecule has 0 aliphatic carbocycles. The molecule has 130 valence electrons. The summed E-state index contributed by atoms with van der Waals surface area (Å²) in [5.41, 5.74) is 3.08. The zero-order valence-electron chi connectivity index (χ0n) is 14.7. The normalized spacial score (nSPS) is 19.0. The van der Waals surface area contributed by atoms with Gasteiger partial charge in [-0.15, -0.1) is 0 Å². The van der Waals surface area contributed by atoms with Crippen LogP contribution in [0, 0.1) is 19.8 Å². The van der Waals surface area contributed by atoms with Crippen LogP contribution in [0.3, 0.4) is 0 Å². The number of amidine groups is 1. The lowest BCUT2D eigenvalue weighted by molar-refractivity contribution is -0.125. The zero-order valence-corrected chi connectivity index (χ0v) is 15.5. The van der Waals surface area contributed by atoms with E-state index in [0.29, 0.717) is 17.6 Å². The summed E-state index contributed by atoms with van der Waals surface area (Å²) in [5, 5.41) is 5.79. The lowest BCUT2D eigenvalue weighted by atomic mass is 10.1. The van der Waals surface area contributed by atoms with Gasteiger partial charge >= 0.3 is 0 Å². The number of nitrogens with zero attached hydrogens (tertiary/aromatic N) is 1. The number of aliphatic imine (C=N–C) groups is 1. The van der Waals surface area contributed by atoms with Gasteiger partial charge in [-0.3, -0.25) is 9.59 Å². The zero-order chi connectivity index (χ0) is 17.7. The first-order chi connectivity index (χ1) is 11.3. The van der Waals surface area contributed by atoms with Gasteiger partial charge in [-0.1, -0.05) is 31.7 Å². The second-order valence-electron chi connectivity index (χ2n) is 6.60. The summed E-state index contributed by atoms with van der Waals surface area (Å²) in [6, 6.07) is 6.02. The molecule has 2 N–H and O–H groups in total. The lowest BCUT2D eigenvalue weighted by Gasteiger charge is -2.08. The molecular formula is C18H25N3O2S. The van der Waals surface area contributed by atoms with E-state index in [-0.39, 0.29) is 18.2 Å². The molecule has 0 unspecified atom stereocenters. The molecule has 1 aliphatic rings. The van der Waals surface area contributed by atoms with E-state index in [2.05, 4.69) is 35.5 Å². The second-order valence-corrected chi connectivity index (χ2v) is 7.79. The molecule has 0 radical (unpaired) electrons. The Hall–Kier alpha value is -1.82. The van der Waals surface area contributed by atoms with Crippen LogP contribution in [0.4, 0.5) is 5.69 Å².